The summed E-state index contributed by atoms with van der Waals surface area (Å²) in [6.07, 6.45) is 1.60. The molecule has 0 atom stereocenters. The van der Waals surface area contributed by atoms with E-state index in [1.165, 1.54) is 7.11 Å². The van der Waals surface area contributed by atoms with Crippen molar-refractivity contribution >= 4 is 16.9 Å². The number of fused-ring (bicyclic) bond motifs is 1. The molecule has 0 unspecified atom stereocenters. The van der Waals surface area contributed by atoms with E-state index in [-0.39, 0.29) is 18.3 Å². The van der Waals surface area contributed by atoms with Crippen molar-refractivity contribution in [1.82, 2.24) is 14.5 Å². The molecule has 0 aliphatic carbocycles. The van der Waals surface area contributed by atoms with Crippen LogP contribution < -0.4 is 0 Å². The number of carbonyl (C=O) groups is 1. The van der Waals surface area contributed by atoms with E-state index in [0.29, 0.717) is 22.6 Å². The molecule has 0 fully saturated rings. The van der Waals surface area contributed by atoms with Crippen LogP contribution in [0.2, 0.25) is 0 Å². The highest BCUT2D eigenvalue weighted by Gasteiger charge is 2.18. The number of para-hydroxylation sites is 1. The number of benzene rings is 2. The summed E-state index contributed by atoms with van der Waals surface area (Å²) < 4.78 is 6.51. The number of carbonyl (C=O) groups excluding carboxylic acids is 1. The number of phenolic OH excluding ortho intramolecular Hbond substituents is 1. The molecule has 2 heterocycles. The molecule has 2 aromatic carbocycles. The van der Waals surface area contributed by atoms with Crippen LogP contribution in [0.5, 0.6) is 5.75 Å². The molecular weight excluding hydrogens is 342 g/mol. The lowest BCUT2D eigenvalue weighted by atomic mass is 10.1. The molecule has 0 radical (unpaired) electrons. The van der Waals surface area contributed by atoms with Crippen molar-refractivity contribution in [2.75, 3.05) is 7.11 Å². The first-order chi connectivity index (χ1) is 13.2. The fourth-order valence-corrected chi connectivity index (χ4v) is 3.04. The molecule has 0 aliphatic heterocycles. The molecule has 0 spiro atoms. The third-order valence-corrected chi connectivity index (χ3v) is 4.35. The van der Waals surface area contributed by atoms with Gasteiger partial charge >= 0.3 is 5.97 Å². The number of aromatic hydroxyl groups is 1. The number of hydrogen-bond donors (Lipinski definition) is 1. The molecule has 134 valence electrons. The van der Waals surface area contributed by atoms with Gasteiger partial charge in [0.2, 0.25) is 0 Å². The average Bonchev–Trinajstić information content (AvgIpc) is 3.12. The van der Waals surface area contributed by atoms with Crippen molar-refractivity contribution in [2.45, 2.75) is 6.54 Å². The number of pyridine rings is 1. The first-order valence-corrected chi connectivity index (χ1v) is 8.44. The number of methoxy groups -OCH3 is 1. The molecule has 4 rings (SSSR count). The van der Waals surface area contributed by atoms with Crippen molar-refractivity contribution in [2.24, 2.45) is 0 Å². The van der Waals surface area contributed by atoms with E-state index in [1.807, 2.05) is 48.5 Å². The van der Waals surface area contributed by atoms with E-state index in [1.54, 1.807) is 23.0 Å². The number of imidazole rings is 1. The quantitative estimate of drug-likeness (QED) is 0.563. The SMILES string of the molecule is COC(=O)Cn1cnc(-c2ccccc2)c1-c1ccc2cccc(O)c2n1. The van der Waals surface area contributed by atoms with E-state index in [9.17, 15) is 9.90 Å². The Balaban J connectivity index is 1.93. The summed E-state index contributed by atoms with van der Waals surface area (Å²) in [7, 11) is 1.35. The van der Waals surface area contributed by atoms with Crippen LogP contribution in [0.25, 0.3) is 33.5 Å². The Bertz CT molecular complexity index is 1120. The average molecular weight is 359 g/mol. The molecule has 6 nitrogen and oxygen atoms in total. The number of ether oxygens (including phenoxy) is 1. The van der Waals surface area contributed by atoms with Gasteiger partial charge in [0.25, 0.3) is 0 Å². The third-order valence-electron chi connectivity index (χ3n) is 4.35. The van der Waals surface area contributed by atoms with E-state index in [2.05, 4.69) is 9.97 Å². The maximum absolute atomic E-state index is 11.8. The second-order valence-electron chi connectivity index (χ2n) is 6.06. The highest BCUT2D eigenvalue weighted by molar-refractivity contribution is 5.88. The molecule has 27 heavy (non-hydrogen) atoms. The maximum atomic E-state index is 11.8. The normalized spacial score (nSPS) is 10.9. The first-order valence-electron chi connectivity index (χ1n) is 8.44. The van der Waals surface area contributed by atoms with Gasteiger partial charge in [0.05, 0.1) is 30.5 Å². The van der Waals surface area contributed by atoms with Gasteiger partial charge in [-0.2, -0.15) is 0 Å². The van der Waals surface area contributed by atoms with Gasteiger partial charge in [0, 0.05) is 10.9 Å². The second-order valence-corrected chi connectivity index (χ2v) is 6.06. The number of phenols is 1. The van der Waals surface area contributed by atoms with Crippen molar-refractivity contribution < 1.29 is 14.6 Å². The minimum Gasteiger partial charge on any atom is -0.506 e. The molecule has 6 heteroatoms. The molecule has 0 saturated carbocycles. The van der Waals surface area contributed by atoms with Gasteiger partial charge in [-0.05, 0) is 12.1 Å². The number of esters is 1. The third kappa shape index (κ3) is 3.13. The van der Waals surface area contributed by atoms with Gasteiger partial charge in [-0.3, -0.25) is 4.79 Å². The fourth-order valence-electron chi connectivity index (χ4n) is 3.04. The lowest BCUT2D eigenvalue weighted by Gasteiger charge is -2.10. The summed E-state index contributed by atoms with van der Waals surface area (Å²) in [5.41, 5.74) is 3.43. The zero-order chi connectivity index (χ0) is 18.8. The van der Waals surface area contributed by atoms with Gasteiger partial charge in [-0.15, -0.1) is 0 Å². The largest absolute Gasteiger partial charge is 0.506 e. The smallest absolute Gasteiger partial charge is 0.325 e. The highest BCUT2D eigenvalue weighted by Crippen LogP contribution is 2.32. The summed E-state index contributed by atoms with van der Waals surface area (Å²) in [5, 5.41) is 11.0. The lowest BCUT2D eigenvalue weighted by Crippen LogP contribution is -2.12. The van der Waals surface area contributed by atoms with Gasteiger partial charge in [-0.1, -0.05) is 48.5 Å². The summed E-state index contributed by atoms with van der Waals surface area (Å²) in [6, 6.07) is 18.7. The van der Waals surface area contributed by atoms with Gasteiger partial charge < -0.3 is 14.4 Å². The number of nitrogens with zero attached hydrogens (tertiary/aromatic N) is 3. The van der Waals surface area contributed by atoms with Crippen LogP contribution in [-0.2, 0) is 16.1 Å². The van der Waals surface area contributed by atoms with E-state index in [4.69, 9.17) is 4.74 Å². The molecule has 0 aliphatic rings. The molecule has 4 aromatic rings. The number of hydrogen-bond acceptors (Lipinski definition) is 5. The maximum Gasteiger partial charge on any atom is 0.325 e. The van der Waals surface area contributed by atoms with Crippen LogP contribution in [0.4, 0.5) is 0 Å². The minimum atomic E-state index is -0.378. The van der Waals surface area contributed by atoms with E-state index < -0.39 is 0 Å². The lowest BCUT2D eigenvalue weighted by molar-refractivity contribution is -0.141. The predicted octanol–water partition coefficient (Wildman–Crippen LogP) is 3.64. The summed E-state index contributed by atoms with van der Waals surface area (Å²) in [6.45, 7) is 0.0200. The Morgan fingerprint density at radius 1 is 1.07 bits per heavy atom. The molecule has 1 N–H and O–H groups in total. The minimum absolute atomic E-state index is 0.0200. The molecule has 0 saturated heterocycles. The van der Waals surface area contributed by atoms with Crippen LogP contribution in [-0.4, -0.2) is 32.7 Å². The predicted molar refractivity (Wildman–Crippen MR) is 102 cm³/mol. The van der Waals surface area contributed by atoms with Crippen LogP contribution in [0.1, 0.15) is 0 Å². The monoisotopic (exact) mass is 359 g/mol. The van der Waals surface area contributed by atoms with Crippen LogP contribution >= 0.6 is 0 Å². The van der Waals surface area contributed by atoms with Crippen molar-refractivity contribution in [3.05, 3.63) is 67.0 Å². The Kier molecular flexibility index (Phi) is 4.30. The Labute approximate surface area is 155 Å². The molecule has 2 aromatic heterocycles. The van der Waals surface area contributed by atoms with Crippen LogP contribution in [0.15, 0.2) is 67.0 Å². The standard InChI is InChI=1S/C21H17N3O3/c1-27-18(26)12-24-13-22-20(14-6-3-2-4-7-14)21(24)16-11-10-15-8-5-9-17(25)19(15)23-16/h2-11,13,25H,12H2,1H3. The van der Waals surface area contributed by atoms with Gasteiger partial charge in [-0.25, -0.2) is 9.97 Å². The number of aromatic nitrogens is 3. The van der Waals surface area contributed by atoms with E-state index in [0.717, 1.165) is 10.9 Å². The number of rotatable bonds is 4. The zero-order valence-electron chi connectivity index (χ0n) is 14.7. The van der Waals surface area contributed by atoms with Gasteiger partial charge in [0.15, 0.2) is 0 Å². The van der Waals surface area contributed by atoms with Crippen molar-refractivity contribution in [1.29, 1.82) is 0 Å². The van der Waals surface area contributed by atoms with Crippen molar-refractivity contribution in [3.8, 4) is 28.4 Å². The van der Waals surface area contributed by atoms with Crippen molar-refractivity contribution in [3.63, 3.8) is 0 Å². The zero-order valence-corrected chi connectivity index (χ0v) is 14.7. The fraction of sp³-hybridized carbons (Fsp3) is 0.0952. The summed E-state index contributed by atoms with van der Waals surface area (Å²) in [4.78, 5) is 21.0. The molecule has 0 amide bonds. The first kappa shape index (κ1) is 16.8. The highest BCUT2D eigenvalue weighted by atomic mass is 16.5. The Hall–Kier alpha value is -3.67. The second kappa shape index (κ2) is 6.92. The summed E-state index contributed by atoms with van der Waals surface area (Å²) >= 11 is 0. The van der Waals surface area contributed by atoms with Crippen LogP contribution in [0, 0.1) is 0 Å². The molecular formula is C21H17N3O3. The van der Waals surface area contributed by atoms with Crippen LogP contribution in [0.3, 0.4) is 0 Å². The van der Waals surface area contributed by atoms with E-state index >= 15 is 0 Å². The Morgan fingerprint density at radius 3 is 2.67 bits per heavy atom. The van der Waals surface area contributed by atoms with Gasteiger partial charge in [0.1, 0.15) is 17.8 Å². The Morgan fingerprint density at radius 2 is 1.89 bits per heavy atom. The topological polar surface area (TPSA) is 77.2 Å². The molecule has 0 bridgehead atoms. The summed E-state index contributed by atoms with van der Waals surface area (Å²) in [5.74, 6) is -0.272.